The average molecular weight is 433 g/mol. The minimum absolute atomic E-state index is 0.0387. The van der Waals surface area contributed by atoms with E-state index in [9.17, 15) is 18.0 Å². The Morgan fingerprint density at radius 2 is 2.03 bits per heavy atom. The van der Waals surface area contributed by atoms with E-state index in [1.54, 1.807) is 24.0 Å². The van der Waals surface area contributed by atoms with Crippen LogP contribution in [-0.4, -0.2) is 50.5 Å². The molecule has 0 unspecified atom stereocenters. The minimum atomic E-state index is -4.36. The molecule has 1 fully saturated rings. The number of ether oxygens (including phenoxy) is 1. The van der Waals surface area contributed by atoms with Crippen LogP contribution in [0.25, 0.3) is 0 Å². The van der Waals surface area contributed by atoms with Crippen LogP contribution in [-0.2, 0) is 19.6 Å². The van der Waals surface area contributed by atoms with Crippen molar-refractivity contribution in [2.75, 3.05) is 19.7 Å². The third kappa shape index (κ3) is 4.73. The van der Waals surface area contributed by atoms with E-state index in [2.05, 4.69) is 15.3 Å². The Morgan fingerprint density at radius 1 is 1.26 bits per heavy atom. The van der Waals surface area contributed by atoms with Gasteiger partial charge < -0.3 is 9.64 Å². The van der Waals surface area contributed by atoms with Crippen molar-refractivity contribution in [1.82, 2.24) is 24.9 Å². The van der Waals surface area contributed by atoms with Gasteiger partial charge >= 0.3 is 6.18 Å². The van der Waals surface area contributed by atoms with Gasteiger partial charge in [-0.25, -0.2) is 0 Å². The van der Waals surface area contributed by atoms with Crippen LogP contribution in [0.2, 0.25) is 0 Å². The number of halogens is 3. The third-order valence-corrected chi connectivity index (χ3v) is 5.41. The first kappa shape index (κ1) is 21.0. The smallest absolute Gasteiger partial charge is 0.416 e. The second-order valence-corrected chi connectivity index (χ2v) is 7.52. The lowest BCUT2D eigenvalue weighted by atomic mass is 10.0. The second-order valence-electron chi connectivity index (χ2n) is 7.52. The zero-order chi connectivity index (χ0) is 22.0. The first-order valence-electron chi connectivity index (χ1n) is 9.93. The molecule has 4 rings (SSSR count). The fourth-order valence-corrected chi connectivity index (χ4v) is 3.67. The number of aryl methyl sites for hydroxylation is 1. The van der Waals surface area contributed by atoms with Crippen molar-refractivity contribution in [1.29, 1.82) is 0 Å². The SMILES string of the molecule is Cn1nccc1C(=O)N1CC[C@@H](c2cc(CCOc3ccc(C(F)(F)F)cc3)[nH]n2)C1. The Hall–Kier alpha value is -3.30. The summed E-state index contributed by atoms with van der Waals surface area (Å²) in [6.45, 7) is 1.56. The van der Waals surface area contributed by atoms with Crippen LogP contribution in [0.15, 0.2) is 42.6 Å². The van der Waals surface area contributed by atoms with Crippen molar-refractivity contribution in [2.45, 2.75) is 24.9 Å². The average Bonchev–Trinajstić information content (AvgIpc) is 3.48. The van der Waals surface area contributed by atoms with Gasteiger partial charge in [-0.1, -0.05) is 0 Å². The number of nitrogens with one attached hydrogen (secondary N) is 1. The number of likely N-dealkylation sites (tertiary alicyclic amines) is 1. The Balaban J connectivity index is 1.28. The molecule has 0 saturated carbocycles. The highest BCUT2D eigenvalue weighted by atomic mass is 19.4. The van der Waals surface area contributed by atoms with Crippen molar-refractivity contribution >= 4 is 5.91 Å². The normalized spacial score (nSPS) is 16.6. The van der Waals surface area contributed by atoms with Crippen LogP contribution in [0.4, 0.5) is 13.2 Å². The predicted molar refractivity (Wildman–Crippen MR) is 106 cm³/mol. The number of H-pyrrole nitrogens is 1. The fraction of sp³-hybridized carbons (Fsp3) is 0.381. The number of benzene rings is 1. The molecule has 1 saturated heterocycles. The number of amides is 1. The second kappa shape index (κ2) is 8.44. The van der Waals surface area contributed by atoms with Crippen molar-refractivity contribution in [3.8, 4) is 5.75 Å². The van der Waals surface area contributed by atoms with E-state index < -0.39 is 11.7 Å². The zero-order valence-electron chi connectivity index (χ0n) is 16.9. The maximum atomic E-state index is 12.6. The van der Waals surface area contributed by atoms with Crippen molar-refractivity contribution in [3.05, 3.63) is 65.2 Å². The van der Waals surface area contributed by atoms with Gasteiger partial charge in [-0.3, -0.25) is 14.6 Å². The lowest BCUT2D eigenvalue weighted by Gasteiger charge is -2.15. The Morgan fingerprint density at radius 3 is 2.71 bits per heavy atom. The van der Waals surface area contributed by atoms with Crippen LogP contribution in [0, 0.1) is 0 Å². The number of carbonyl (C=O) groups is 1. The van der Waals surface area contributed by atoms with E-state index in [0.717, 1.165) is 29.9 Å². The summed E-state index contributed by atoms with van der Waals surface area (Å²) in [7, 11) is 1.74. The lowest BCUT2D eigenvalue weighted by Crippen LogP contribution is -2.30. The van der Waals surface area contributed by atoms with Crippen LogP contribution < -0.4 is 4.74 Å². The highest BCUT2D eigenvalue weighted by molar-refractivity contribution is 5.92. The van der Waals surface area contributed by atoms with Gasteiger partial charge in [0.05, 0.1) is 17.9 Å². The van der Waals surface area contributed by atoms with E-state index in [1.807, 2.05) is 11.0 Å². The number of nitrogens with zero attached hydrogens (tertiary/aromatic N) is 4. The van der Waals surface area contributed by atoms with Crippen molar-refractivity contribution in [2.24, 2.45) is 7.05 Å². The Labute approximate surface area is 176 Å². The van der Waals surface area contributed by atoms with Crippen molar-refractivity contribution < 1.29 is 22.7 Å². The summed E-state index contributed by atoms with van der Waals surface area (Å²) in [6.07, 6.45) is -1.38. The summed E-state index contributed by atoms with van der Waals surface area (Å²) in [6, 6.07) is 8.30. The molecule has 0 radical (unpaired) electrons. The molecule has 10 heteroatoms. The van der Waals surface area contributed by atoms with Crippen LogP contribution >= 0.6 is 0 Å². The third-order valence-electron chi connectivity index (χ3n) is 5.41. The van der Waals surface area contributed by atoms with Gasteiger partial charge in [-0.15, -0.1) is 0 Å². The van der Waals surface area contributed by atoms with E-state index in [4.69, 9.17) is 4.74 Å². The molecule has 0 aliphatic carbocycles. The maximum Gasteiger partial charge on any atom is 0.416 e. The van der Waals surface area contributed by atoms with E-state index in [0.29, 0.717) is 37.6 Å². The van der Waals surface area contributed by atoms with E-state index >= 15 is 0 Å². The number of carbonyl (C=O) groups excluding carboxylic acids is 1. The number of hydrogen-bond acceptors (Lipinski definition) is 4. The topological polar surface area (TPSA) is 76.0 Å². The molecule has 31 heavy (non-hydrogen) atoms. The van der Waals surface area contributed by atoms with Gasteiger partial charge in [0.15, 0.2) is 0 Å². The fourth-order valence-electron chi connectivity index (χ4n) is 3.67. The predicted octanol–water partition coefficient (Wildman–Crippen LogP) is 3.41. The quantitative estimate of drug-likeness (QED) is 0.647. The molecule has 3 aromatic rings. The molecule has 2 aromatic heterocycles. The first-order chi connectivity index (χ1) is 14.8. The number of aromatic amines is 1. The summed E-state index contributed by atoms with van der Waals surface area (Å²) in [5, 5.41) is 11.4. The molecule has 1 atom stereocenters. The molecule has 3 heterocycles. The highest BCUT2D eigenvalue weighted by Crippen LogP contribution is 2.30. The molecule has 164 valence electrons. The molecule has 1 aliphatic heterocycles. The highest BCUT2D eigenvalue weighted by Gasteiger charge is 2.31. The monoisotopic (exact) mass is 433 g/mol. The zero-order valence-corrected chi connectivity index (χ0v) is 16.9. The summed E-state index contributed by atoms with van der Waals surface area (Å²) >= 11 is 0. The number of aromatic nitrogens is 4. The van der Waals surface area contributed by atoms with Crippen LogP contribution in [0.5, 0.6) is 5.75 Å². The van der Waals surface area contributed by atoms with E-state index in [1.165, 1.54) is 12.1 Å². The van der Waals surface area contributed by atoms with Gasteiger partial charge in [0.25, 0.3) is 5.91 Å². The molecule has 0 spiro atoms. The molecular weight excluding hydrogens is 411 g/mol. The molecule has 1 amide bonds. The number of alkyl halides is 3. The Kier molecular flexibility index (Phi) is 5.71. The Bertz CT molecular complexity index is 1040. The summed E-state index contributed by atoms with van der Waals surface area (Å²) in [5.74, 6) is 0.495. The van der Waals surface area contributed by atoms with Gasteiger partial charge in [-0.2, -0.15) is 23.4 Å². The first-order valence-corrected chi connectivity index (χ1v) is 9.93. The maximum absolute atomic E-state index is 12.6. The largest absolute Gasteiger partial charge is 0.493 e. The van der Waals surface area contributed by atoms with Gasteiger partial charge in [0, 0.05) is 44.4 Å². The van der Waals surface area contributed by atoms with Crippen molar-refractivity contribution in [3.63, 3.8) is 0 Å². The lowest BCUT2D eigenvalue weighted by molar-refractivity contribution is -0.137. The minimum Gasteiger partial charge on any atom is -0.493 e. The summed E-state index contributed by atoms with van der Waals surface area (Å²) < 4.78 is 44.9. The number of rotatable bonds is 6. The molecule has 7 nitrogen and oxygen atoms in total. The summed E-state index contributed by atoms with van der Waals surface area (Å²) in [5.41, 5.74) is 1.62. The van der Waals surface area contributed by atoms with E-state index in [-0.39, 0.29) is 11.8 Å². The van der Waals surface area contributed by atoms with Gasteiger partial charge in [-0.05, 0) is 42.8 Å². The van der Waals surface area contributed by atoms with Gasteiger partial charge in [0.2, 0.25) is 0 Å². The molecule has 1 N–H and O–H groups in total. The van der Waals surface area contributed by atoms with Gasteiger partial charge in [0.1, 0.15) is 11.4 Å². The standard InChI is InChI=1S/C21H22F3N5O2/c1-28-19(6-9-25-28)20(30)29-10-7-14(13-29)18-12-16(26-27-18)8-11-31-17-4-2-15(3-5-17)21(22,23)24/h2-6,9,12,14H,7-8,10-11,13H2,1H3,(H,26,27)/t14-/m1/s1. The molecule has 1 aromatic carbocycles. The molecule has 1 aliphatic rings. The van der Waals surface area contributed by atoms with Crippen LogP contribution in [0.3, 0.4) is 0 Å². The molecular formula is C21H22F3N5O2. The molecule has 0 bridgehead atoms. The number of hydrogen-bond donors (Lipinski definition) is 1. The summed E-state index contributed by atoms with van der Waals surface area (Å²) in [4.78, 5) is 14.4. The van der Waals surface area contributed by atoms with Crippen LogP contribution in [0.1, 0.15) is 39.8 Å².